The van der Waals surface area contributed by atoms with Crippen LogP contribution in [-0.2, 0) is 5.54 Å². The van der Waals surface area contributed by atoms with Crippen LogP contribution < -0.4 is 11.1 Å². The van der Waals surface area contributed by atoms with Crippen LogP contribution in [0.15, 0.2) is 84.9 Å². The van der Waals surface area contributed by atoms with Crippen molar-refractivity contribution in [1.82, 2.24) is 5.32 Å². The Balaban J connectivity index is 1.62. The summed E-state index contributed by atoms with van der Waals surface area (Å²) in [6, 6.07) is 30.9. The quantitative estimate of drug-likeness (QED) is 0.171. The van der Waals surface area contributed by atoms with Gasteiger partial charge in [-0.2, -0.15) is 0 Å². The van der Waals surface area contributed by atoms with E-state index in [9.17, 15) is 0 Å². The van der Waals surface area contributed by atoms with E-state index >= 15 is 0 Å². The topological polar surface area (TPSA) is 38.0 Å². The number of nitrogens with one attached hydrogen (secondary N) is 1. The molecule has 0 bridgehead atoms. The number of aryl methyl sites for hydroxylation is 1. The molecule has 3 aromatic rings. The van der Waals surface area contributed by atoms with E-state index in [1.165, 1.54) is 86.5 Å². The van der Waals surface area contributed by atoms with Crippen molar-refractivity contribution in [3.05, 3.63) is 107 Å². The second-order valence-corrected chi connectivity index (χ2v) is 9.60. The van der Waals surface area contributed by atoms with Crippen LogP contribution in [0.5, 0.6) is 0 Å². The van der Waals surface area contributed by atoms with Gasteiger partial charge in [-0.15, -0.1) is 0 Å². The van der Waals surface area contributed by atoms with Gasteiger partial charge in [-0.3, -0.25) is 5.32 Å². The van der Waals surface area contributed by atoms with Crippen LogP contribution >= 0.6 is 0 Å². The second-order valence-electron chi connectivity index (χ2n) is 9.60. The predicted octanol–water partition coefficient (Wildman–Crippen LogP) is 7.74. The first-order valence-electron chi connectivity index (χ1n) is 13.4. The first kappa shape index (κ1) is 26.2. The van der Waals surface area contributed by atoms with Crippen molar-refractivity contribution < 1.29 is 0 Å². The maximum absolute atomic E-state index is 5.58. The number of hydrogen-bond donors (Lipinski definition) is 2. The zero-order chi connectivity index (χ0) is 23.9. The van der Waals surface area contributed by atoms with Crippen LogP contribution in [0.1, 0.15) is 86.5 Å². The molecule has 0 aromatic heterocycles. The molecule has 0 spiro atoms. The molecule has 0 heterocycles. The van der Waals surface area contributed by atoms with E-state index in [2.05, 4.69) is 97.2 Å². The van der Waals surface area contributed by atoms with Crippen LogP contribution in [0.3, 0.4) is 0 Å². The Morgan fingerprint density at radius 2 is 0.941 bits per heavy atom. The molecule has 0 unspecified atom stereocenters. The molecular formula is C32H44N2. The van der Waals surface area contributed by atoms with Crippen LogP contribution in [0.25, 0.3) is 0 Å². The maximum Gasteiger partial charge on any atom is 0.0947 e. The summed E-state index contributed by atoms with van der Waals surface area (Å²) in [6.45, 7) is 3.99. The summed E-state index contributed by atoms with van der Waals surface area (Å²) >= 11 is 0. The highest BCUT2D eigenvalue weighted by Crippen LogP contribution is 2.37. The number of unbranched alkanes of at least 4 members (excludes halogenated alkanes) is 9. The first-order valence-corrected chi connectivity index (χ1v) is 13.4. The van der Waals surface area contributed by atoms with Gasteiger partial charge >= 0.3 is 0 Å². The Morgan fingerprint density at radius 3 is 1.41 bits per heavy atom. The molecular weight excluding hydrogens is 412 g/mol. The molecule has 2 heteroatoms. The fraction of sp³-hybridized carbons (Fsp3) is 0.438. The van der Waals surface area contributed by atoms with Gasteiger partial charge in [0.2, 0.25) is 0 Å². The Kier molecular flexibility index (Phi) is 11.4. The Bertz CT molecular complexity index is 863. The minimum absolute atomic E-state index is 0.347. The van der Waals surface area contributed by atoms with E-state index in [1.54, 1.807) is 0 Å². The maximum atomic E-state index is 5.58. The molecule has 0 aliphatic rings. The van der Waals surface area contributed by atoms with Crippen molar-refractivity contribution in [2.24, 2.45) is 5.73 Å². The number of rotatable bonds is 16. The third kappa shape index (κ3) is 7.55. The van der Waals surface area contributed by atoms with Crippen molar-refractivity contribution in [2.75, 3.05) is 13.1 Å². The highest BCUT2D eigenvalue weighted by molar-refractivity contribution is 5.49. The second kappa shape index (κ2) is 14.8. The van der Waals surface area contributed by atoms with Crippen molar-refractivity contribution in [2.45, 2.75) is 76.7 Å². The molecule has 0 saturated heterocycles. The fourth-order valence-corrected chi connectivity index (χ4v) is 4.95. The average molecular weight is 457 g/mol. The van der Waals surface area contributed by atoms with Crippen molar-refractivity contribution in [3.63, 3.8) is 0 Å². The predicted molar refractivity (Wildman–Crippen MR) is 147 cm³/mol. The minimum atomic E-state index is -0.347. The zero-order valence-corrected chi connectivity index (χ0v) is 21.1. The van der Waals surface area contributed by atoms with E-state index in [4.69, 9.17) is 5.73 Å². The van der Waals surface area contributed by atoms with E-state index in [0.29, 0.717) is 0 Å². The molecule has 182 valence electrons. The molecule has 0 aliphatic heterocycles. The molecule has 0 amide bonds. The van der Waals surface area contributed by atoms with Gasteiger partial charge in [0.05, 0.1) is 5.54 Å². The van der Waals surface area contributed by atoms with E-state index < -0.39 is 0 Å². The van der Waals surface area contributed by atoms with Gasteiger partial charge in [0.15, 0.2) is 0 Å². The molecule has 0 aliphatic carbocycles. The highest BCUT2D eigenvalue weighted by Gasteiger charge is 2.35. The fourth-order valence-electron chi connectivity index (χ4n) is 4.95. The SMILES string of the molecule is Cc1ccc(C(NCCCCCCCCCCCCN)(c2ccccc2)c2ccccc2)cc1. The smallest absolute Gasteiger partial charge is 0.0947 e. The summed E-state index contributed by atoms with van der Waals surface area (Å²) in [5.41, 5.74) is 10.4. The lowest BCUT2D eigenvalue weighted by Gasteiger charge is -2.37. The molecule has 34 heavy (non-hydrogen) atoms. The van der Waals surface area contributed by atoms with Gasteiger partial charge < -0.3 is 5.73 Å². The Morgan fingerprint density at radius 1 is 0.529 bits per heavy atom. The summed E-state index contributed by atoms with van der Waals surface area (Å²) in [7, 11) is 0. The van der Waals surface area contributed by atoms with Crippen molar-refractivity contribution >= 4 is 0 Å². The molecule has 3 N–H and O–H groups in total. The third-order valence-electron chi connectivity index (χ3n) is 6.92. The summed E-state index contributed by atoms with van der Waals surface area (Å²) in [6.07, 6.45) is 13.1. The molecule has 3 aromatic carbocycles. The van der Waals surface area contributed by atoms with Gasteiger partial charge in [-0.05, 0) is 49.5 Å². The Hall–Kier alpha value is -2.42. The van der Waals surface area contributed by atoms with Crippen LogP contribution in [0.4, 0.5) is 0 Å². The van der Waals surface area contributed by atoms with Crippen LogP contribution in [0.2, 0.25) is 0 Å². The van der Waals surface area contributed by atoms with E-state index in [0.717, 1.165) is 13.1 Å². The van der Waals surface area contributed by atoms with Gasteiger partial charge in [-0.1, -0.05) is 142 Å². The molecule has 0 saturated carbocycles. The lowest BCUT2D eigenvalue weighted by atomic mass is 9.76. The minimum Gasteiger partial charge on any atom is -0.330 e. The molecule has 0 radical (unpaired) electrons. The molecule has 0 fully saturated rings. The first-order chi connectivity index (χ1) is 16.8. The van der Waals surface area contributed by atoms with Crippen LogP contribution in [-0.4, -0.2) is 13.1 Å². The van der Waals surface area contributed by atoms with Crippen molar-refractivity contribution in [3.8, 4) is 0 Å². The summed E-state index contributed by atoms with van der Waals surface area (Å²) in [4.78, 5) is 0. The third-order valence-corrected chi connectivity index (χ3v) is 6.92. The van der Waals surface area contributed by atoms with Gasteiger partial charge in [0.1, 0.15) is 0 Å². The lowest BCUT2D eigenvalue weighted by Crippen LogP contribution is -2.45. The van der Waals surface area contributed by atoms with Crippen molar-refractivity contribution in [1.29, 1.82) is 0 Å². The molecule has 2 nitrogen and oxygen atoms in total. The highest BCUT2D eigenvalue weighted by atomic mass is 15.0. The Labute approximate surface area is 208 Å². The standard InChI is InChI=1S/C32H44N2/c1-28-22-24-31(25-23-28)32(29-18-12-10-13-19-29,30-20-14-11-15-21-30)34-27-17-9-7-5-3-2-4-6-8-16-26-33/h10-15,18-25,34H,2-9,16-17,26-27,33H2,1H3. The van der Waals surface area contributed by atoms with Gasteiger partial charge in [0.25, 0.3) is 0 Å². The summed E-state index contributed by atoms with van der Waals surface area (Å²) < 4.78 is 0. The van der Waals surface area contributed by atoms with Gasteiger partial charge in [0, 0.05) is 0 Å². The number of benzene rings is 3. The van der Waals surface area contributed by atoms with E-state index in [1.807, 2.05) is 0 Å². The number of nitrogens with two attached hydrogens (primary N) is 1. The zero-order valence-electron chi connectivity index (χ0n) is 21.1. The molecule has 3 rings (SSSR count). The largest absolute Gasteiger partial charge is 0.330 e. The summed E-state index contributed by atoms with van der Waals surface area (Å²) in [5, 5.41) is 4.02. The molecule has 0 atom stereocenters. The normalized spacial score (nSPS) is 11.6. The lowest BCUT2D eigenvalue weighted by molar-refractivity contribution is 0.453. The summed E-state index contributed by atoms with van der Waals surface area (Å²) in [5.74, 6) is 0. The number of hydrogen-bond acceptors (Lipinski definition) is 2. The van der Waals surface area contributed by atoms with E-state index in [-0.39, 0.29) is 5.54 Å². The van der Waals surface area contributed by atoms with Crippen LogP contribution in [0, 0.1) is 6.92 Å². The average Bonchev–Trinajstić information content (AvgIpc) is 2.89. The monoisotopic (exact) mass is 456 g/mol. The van der Waals surface area contributed by atoms with Gasteiger partial charge in [-0.25, -0.2) is 0 Å².